The molecule has 0 radical (unpaired) electrons. The number of amides is 1. The number of carbonyl (C=O) groups is 2. The van der Waals surface area contributed by atoms with Gasteiger partial charge in [0.25, 0.3) is 5.91 Å². The minimum Gasteiger partial charge on any atom is -0.454 e. The number of rotatable bonds is 5. The number of benzene rings is 2. The van der Waals surface area contributed by atoms with Gasteiger partial charge in [-0.3, -0.25) is 4.79 Å². The van der Waals surface area contributed by atoms with Crippen molar-refractivity contribution >= 4 is 11.9 Å². The predicted molar refractivity (Wildman–Crippen MR) is 97.8 cm³/mol. The number of hydrogen-bond acceptors (Lipinski definition) is 5. The van der Waals surface area contributed by atoms with Gasteiger partial charge in [0, 0.05) is 6.54 Å². The first-order valence-corrected chi connectivity index (χ1v) is 9.13. The smallest absolute Gasteiger partial charge is 0.338 e. The fraction of sp³-hybridized carbons (Fsp3) is 0.333. The van der Waals surface area contributed by atoms with Crippen LogP contribution >= 0.6 is 0 Å². The number of aryl methyl sites for hydroxylation is 2. The van der Waals surface area contributed by atoms with Crippen molar-refractivity contribution in [2.24, 2.45) is 0 Å². The molecule has 1 amide bonds. The van der Waals surface area contributed by atoms with Gasteiger partial charge >= 0.3 is 5.97 Å². The molecular weight excluding hydrogens is 346 g/mol. The van der Waals surface area contributed by atoms with E-state index in [1.165, 1.54) is 17.5 Å². The Morgan fingerprint density at radius 1 is 0.963 bits per heavy atom. The van der Waals surface area contributed by atoms with Crippen LogP contribution in [0.5, 0.6) is 11.5 Å². The molecule has 1 aliphatic carbocycles. The maximum Gasteiger partial charge on any atom is 0.338 e. The summed E-state index contributed by atoms with van der Waals surface area (Å²) in [5.74, 6) is 0.547. The molecule has 0 unspecified atom stereocenters. The van der Waals surface area contributed by atoms with Crippen LogP contribution in [0.25, 0.3) is 0 Å². The summed E-state index contributed by atoms with van der Waals surface area (Å²) < 4.78 is 15.7. The first kappa shape index (κ1) is 17.4. The summed E-state index contributed by atoms with van der Waals surface area (Å²) in [4.78, 5) is 24.2. The molecule has 0 bridgehead atoms. The molecule has 1 N–H and O–H groups in total. The van der Waals surface area contributed by atoms with E-state index in [1.807, 2.05) is 24.3 Å². The van der Waals surface area contributed by atoms with Crippen LogP contribution in [0.1, 0.15) is 39.9 Å². The molecule has 0 aromatic heterocycles. The number of esters is 1. The number of nitrogens with one attached hydrogen (secondary N) is 1. The largest absolute Gasteiger partial charge is 0.454 e. The van der Waals surface area contributed by atoms with E-state index in [2.05, 4.69) is 5.32 Å². The number of hydrogen-bond donors (Lipinski definition) is 1. The number of fused-ring (bicyclic) bond motifs is 2. The Bertz CT molecular complexity index is 877. The van der Waals surface area contributed by atoms with E-state index >= 15 is 0 Å². The van der Waals surface area contributed by atoms with Gasteiger partial charge in [-0.15, -0.1) is 0 Å². The van der Waals surface area contributed by atoms with Gasteiger partial charge in [-0.05, 0) is 66.6 Å². The van der Waals surface area contributed by atoms with Crippen LogP contribution in [0.2, 0.25) is 0 Å². The summed E-state index contributed by atoms with van der Waals surface area (Å²) in [5.41, 5.74) is 3.90. The van der Waals surface area contributed by atoms with Gasteiger partial charge in [-0.1, -0.05) is 12.1 Å². The average molecular weight is 367 g/mol. The monoisotopic (exact) mass is 367 g/mol. The van der Waals surface area contributed by atoms with Crippen molar-refractivity contribution in [3.63, 3.8) is 0 Å². The number of carbonyl (C=O) groups excluding carboxylic acids is 2. The second kappa shape index (κ2) is 7.70. The Kier molecular flexibility index (Phi) is 4.96. The summed E-state index contributed by atoms with van der Waals surface area (Å²) >= 11 is 0. The van der Waals surface area contributed by atoms with Crippen LogP contribution in [0.4, 0.5) is 0 Å². The fourth-order valence-electron chi connectivity index (χ4n) is 3.38. The third-order valence-electron chi connectivity index (χ3n) is 4.85. The normalized spacial score (nSPS) is 14.4. The van der Waals surface area contributed by atoms with Gasteiger partial charge in [-0.25, -0.2) is 4.79 Å². The predicted octanol–water partition coefficient (Wildman–Crippen LogP) is 2.77. The highest BCUT2D eigenvalue weighted by atomic mass is 16.7. The van der Waals surface area contributed by atoms with E-state index in [-0.39, 0.29) is 19.3 Å². The molecule has 1 aliphatic heterocycles. The van der Waals surface area contributed by atoms with Crippen molar-refractivity contribution < 1.29 is 23.8 Å². The van der Waals surface area contributed by atoms with E-state index in [4.69, 9.17) is 14.2 Å². The molecule has 0 saturated carbocycles. The average Bonchev–Trinajstić information content (AvgIpc) is 3.18. The molecule has 6 nitrogen and oxygen atoms in total. The van der Waals surface area contributed by atoms with Crippen LogP contribution < -0.4 is 14.8 Å². The van der Waals surface area contributed by atoms with Gasteiger partial charge in [0.2, 0.25) is 6.79 Å². The summed E-state index contributed by atoms with van der Waals surface area (Å²) in [6.07, 6.45) is 4.40. The zero-order valence-electron chi connectivity index (χ0n) is 15.0. The molecule has 2 aromatic rings. The highest BCUT2D eigenvalue weighted by Gasteiger charge is 2.16. The molecule has 27 heavy (non-hydrogen) atoms. The first-order chi connectivity index (χ1) is 13.2. The molecule has 2 aliphatic rings. The number of ether oxygens (including phenoxy) is 3. The molecule has 4 rings (SSSR count). The lowest BCUT2D eigenvalue weighted by atomic mass is 9.90. The Hall–Kier alpha value is -3.02. The maximum atomic E-state index is 12.2. The Morgan fingerprint density at radius 2 is 1.78 bits per heavy atom. The van der Waals surface area contributed by atoms with Gasteiger partial charge in [0.1, 0.15) is 0 Å². The van der Waals surface area contributed by atoms with Gasteiger partial charge in [0.05, 0.1) is 5.56 Å². The van der Waals surface area contributed by atoms with Crippen molar-refractivity contribution in [3.05, 3.63) is 58.7 Å². The topological polar surface area (TPSA) is 73.9 Å². The second-order valence-electron chi connectivity index (χ2n) is 6.73. The lowest BCUT2D eigenvalue weighted by molar-refractivity contribution is -0.124. The first-order valence-electron chi connectivity index (χ1n) is 9.13. The minimum atomic E-state index is -0.471. The van der Waals surface area contributed by atoms with E-state index in [0.29, 0.717) is 23.6 Å². The van der Waals surface area contributed by atoms with Crippen molar-refractivity contribution in [2.45, 2.75) is 32.2 Å². The molecule has 0 fully saturated rings. The molecule has 6 heteroatoms. The summed E-state index contributed by atoms with van der Waals surface area (Å²) in [6.45, 7) is 0.232. The van der Waals surface area contributed by atoms with Crippen molar-refractivity contribution in [2.75, 3.05) is 13.4 Å². The Labute approximate surface area is 157 Å². The third-order valence-corrected chi connectivity index (χ3v) is 4.85. The molecule has 0 saturated heterocycles. The second-order valence-corrected chi connectivity index (χ2v) is 6.73. The van der Waals surface area contributed by atoms with Gasteiger partial charge in [-0.2, -0.15) is 0 Å². The molecule has 0 atom stereocenters. The van der Waals surface area contributed by atoms with Crippen LogP contribution in [-0.2, 0) is 28.9 Å². The zero-order chi connectivity index (χ0) is 18.6. The lowest BCUT2D eigenvalue weighted by Crippen LogP contribution is -2.28. The molecule has 1 heterocycles. The lowest BCUT2D eigenvalue weighted by Gasteiger charge is -2.16. The van der Waals surface area contributed by atoms with Crippen molar-refractivity contribution in [1.82, 2.24) is 5.32 Å². The minimum absolute atomic E-state index is 0.212. The molecular formula is C21H21NO5. The standard InChI is InChI=1S/C21H21NO5/c23-20(22-11-14-5-8-18-19(9-14)27-13-26-18)12-25-21(24)17-7-6-15-3-1-2-4-16(15)10-17/h5-10H,1-4,11-13H2,(H,22,23). The summed E-state index contributed by atoms with van der Waals surface area (Å²) in [7, 11) is 0. The van der Waals surface area contributed by atoms with Crippen LogP contribution in [0.3, 0.4) is 0 Å². The summed E-state index contributed by atoms with van der Waals surface area (Å²) in [5, 5.41) is 2.73. The molecule has 140 valence electrons. The molecule has 0 spiro atoms. The highest BCUT2D eigenvalue weighted by Crippen LogP contribution is 2.32. The van der Waals surface area contributed by atoms with E-state index < -0.39 is 5.97 Å². The van der Waals surface area contributed by atoms with Gasteiger partial charge in [0.15, 0.2) is 18.1 Å². The SMILES string of the molecule is O=C(COC(=O)c1ccc2c(c1)CCCC2)NCc1ccc2c(c1)OCO2. The third kappa shape index (κ3) is 4.05. The van der Waals surface area contributed by atoms with Crippen molar-refractivity contribution in [1.29, 1.82) is 0 Å². The van der Waals surface area contributed by atoms with Crippen molar-refractivity contribution in [3.8, 4) is 11.5 Å². The van der Waals surface area contributed by atoms with E-state index in [0.717, 1.165) is 24.8 Å². The van der Waals surface area contributed by atoms with Gasteiger partial charge < -0.3 is 19.5 Å². The Morgan fingerprint density at radius 3 is 2.67 bits per heavy atom. The highest BCUT2D eigenvalue weighted by molar-refractivity contribution is 5.91. The van der Waals surface area contributed by atoms with Crippen LogP contribution in [-0.4, -0.2) is 25.3 Å². The quantitative estimate of drug-likeness (QED) is 0.823. The molecule has 2 aromatic carbocycles. The maximum absolute atomic E-state index is 12.2. The van der Waals surface area contributed by atoms with Crippen LogP contribution in [0.15, 0.2) is 36.4 Å². The van der Waals surface area contributed by atoms with Crippen LogP contribution in [0, 0.1) is 0 Å². The van der Waals surface area contributed by atoms with E-state index in [1.54, 1.807) is 12.1 Å². The fourth-order valence-corrected chi connectivity index (χ4v) is 3.38. The Balaban J connectivity index is 1.27. The summed E-state index contributed by atoms with van der Waals surface area (Å²) in [6, 6.07) is 11.1. The zero-order valence-corrected chi connectivity index (χ0v) is 15.0. The van der Waals surface area contributed by atoms with E-state index in [9.17, 15) is 9.59 Å².